The van der Waals surface area contributed by atoms with E-state index in [1.165, 1.54) is 6.07 Å². The van der Waals surface area contributed by atoms with Crippen molar-refractivity contribution in [3.05, 3.63) is 76.0 Å². The molecule has 0 radical (unpaired) electrons. The number of ether oxygens (including phenoxy) is 1. The van der Waals surface area contributed by atoms with Crippen LogP contribution in [-0.2, 0) is 12.7 Å². The number of nitrogens with zero attached hydrogens (tertiary/aromatic N) is 5. The number of halogens is 4. The van der Waals surface area contributed by atoms with Crippen LogP contribution in [0.4, 0.5) is 13.2 Å². The van der Waals surface area contributed by atoms with Gasteiger partial charge < -0.3 is 9.30 Å². The third-order valence-electron chi connectivity index (χ3n) is 6.00. The lowest BCUT2D eigenvalue weighted by molar-refractivity contribution is -0.138. The molecule has 176 valence electrons. The van der Waals surface area contributed by atoms with Gasteiger partial charge in [-0.3, -0.25) is 0 Å². The second kappa shape index (κ2) is 8.57. The van der Waals surface area contributed by atoms with Gasteiger partial charge in [-0.1, -0.05) is 22.0 Å². The zero-order valence-electron chi connectivity index (χ0n) is 18.5. The summed E-state index contributed by atoms with van der Waals surface area (Å²) >= 11 is 3.17. The third-order valence-corrected chi connectivity index (χ3v) is 6.49. The first kappa shape index (κ1) is 22.6. The summed E-state index contributed by atoms with van der Waals surface area (Å²) in [6.45, 7) is 2.52. The highest BCUT2D eigenvalue weighted by Crippen LogP contribution is 2.42. The highest BCUT2D eigenvalue weighted by Gasteiger charge is 2.38. The number of benzene rings is 2. The summed E-state index contributed by atoms with van der Waals surface area (Å²) in [5, 5.41) is 4.63. The van der Waals surface area contributed by atoms with Crippen molar-refractivity contribution in [1.82, 2.24) is 24.3 Å². The van der Waals surface area contributed by atoms with Gasteiger partial charge >= 0.3 is 6.18 Å². The minimum atomic E-state index is -4.46. The first-order valence-electron chi connectivity index (χ1n) is 10.8. The molecule has 0 unspecified atom stereocenters. The number of methoxy groups -OCH3 is 1. The number of aryl methyl sites for hydroxylation is 2. The van der Waals surface area contributed by atoms with Gasteiger partial charge in [-0.05, 0) is 55.7 Å². The third kappa shape index (κ3) is 4.11. The lowest BCUT2D eigenvalue weighted by Crippen LogP contribution is -2.21. The molecule has 1 aliphatic rings. The van der Waals surface area contributed by atoms with E-state index < -0.39 is 17.7 Å². The van der Waals surface area contributed by atoms with E-state index in [-0.39, 0.29) is 5.56 Å². The van der Waals surface area contributed by atoms with Gasteiger partial charge in [0.05, 0.1) is 30.4 Å². The maximum absolute atomic E-state index is 13.8. The fourth-order valence-corrected chi connectivity index (χ4v) is 4.79. The van der Waals surface area contributed by atoms with Crippen LogP contribution in [0.15, 0.2) is 53.4 Å². The first-order valence-corrected chi connectivity index (χ1v) is 11.5. The van der Waals surface area contributed by atoms with Gasteiger partial charge in [0.2, 0.25) is 0 Å². The van der Waals surface area contributed by atoms with Gasteiger partial charge in [-0.25, -0.2) is 14.6 Å². The molecule has 5 rings (SSSR count). The zero-order chi connectivity index (χ0) is 24.0. The normalized spacial score (nSPS) is 15.9. The summed E-state index contributed by atoms with van der Waals surface area (Å²) in [7, 11) is 1.58. The molecular weight excluding hydrogens is 511 g/mol. The largest absolute Gasteiger partial charge is 0.495 e. The van der Waals surface area contributed by atoms with Crippen LogP contribution < -0.4 is 4.74 Å². The molecule has 0 saturated heterocycles. The second-order valence-electron chi connectivity index (χ2n) is 8.25. The van der Waals surface area contributed by atoms with E-state index in [1.807, 2.05) is 35.9 Å². The molecule has 1 atom stereocenters. The molecule has 3 heterocycles. The summed E-state index contributed by atoms with van der Waals surface area (Å²) in [5.74, 6) is 1.13. The molecule has 0 spiro atoms. The molecule has 1 aliphatic heterocycles. The highest BCUT2D eigenvalue weighted by molar-refractivity contribution is 9.10. The van der Waals surface area contributed by atoms with Crippen LogP contribution in [0.5, 0.6) is 5.75 Å². The van der Waals surface area contributed by atoms with Crippen LogP contribution in [0, 0.1) is 6.92 Å². The Bertz CT molecular complexity index is 1360. The minimum absolute atomic E-state index is 0.221. The van der Waals surface area contributed by atoms with Crippen molar-refractivity contribution >= 4 is 15.9 Å². The maximum Gasteiger partial charge on any atom is 0.416 e. The van der Waals surface area contributed by atoms with E-state index in [4.69, 9.17) is 9.72 Å². The quantitative estimate of drug-likeness (QED) is 0.316. The van der Waals surface area contributed by atoms with Crippen molar-refractivity contribution in [1.29, 1.82) is 0 Å². The van der Waals surface area contributed by atoms with Crippen LogP contribution in [0.1, 0.15) is 41.4 Å². The summed E-state index contributed by atoms with van der Waals surface area (Å²) in [6, 6.07) is 9.91. The molecule has 10 heteroatoms. The van der Waals surface area contributed by atoms with Crippen molar-refractivity contribution in [3.63, 3.8) is 0 Å². The molecular formula is C24H21BrF3N5O. The topological polar surface area (TPSA) is 57.8 Å². The maximum atomic E-state index is 13.8. The smallest absolute Gasteiger partial charge is 0.416 e. The van der Waals surface area contributed by atoms with E-state index in [2.05, 4.69) is 26.0 Å². The van der Waals surface area contributed by atoms with E-state index in [0.29, 0.717) is 34.8 Å². The van der Waals surface area contributed by atoms with Crippen LogP contribution in [0.25, 0.3) is 17.1 Å². The number of imidazole rings is 1. The van der Waals surface area contributed by atoms with Gasteiger partial charge in [0.15, 0.2) is 5.82 Å². The predicted octanol–water partition coefficient (Wildman–Crippen LogP) is 6.15. The van der Waals surface area contributed by atoms with Gasteiger partial charge in [0.1, 0.15) is 11.6 Å². The molecule has 4 aromatic rings. The molecule has 2 aromatic carbocycles. The Labute approximate surface area is 202 Å². The highest BCUT2D eigenvalue weighted by atomic mass is 79.9. The Morgan fingerprint density at radius 1 is 1.15 bits per heavy atom. The SMILES string of the molecule is COc1cc(-c2nc3n(n2)CCC[C@@H]3c2ccc(Br)cc2C(F)(F)F)ccc1-n1cnc(C)c1. The Morgan fingerprint density at radius 3 is 2.68 bits per heavy atom. The lowest BCUT2D eigenvalue weighted by Gasteiger charge is -2.25. The molecule has 34 heavy (non-hydrogen) atoms. The van der Waals surface area contributed by atoms with Gasteiger partial charge in [0.25, 0.3) is 0 Å². The van der Waals surface area contributed by atoms with Crippen molar-refractivity contribution < 1.29 is 17.9 Å². The van der Waals surface area contributed by atoms with Crippen molar-refractivity contribution in [2.45, 2.75) is 38.4 Å². The fraction of sp³-hybridized carbons (Fsp3) is 0.292. The summed E-state index contributed by atoms with van der Waals surface area (Å²) < 4.78 is 51.0. The zero-order valence-corrected chi connectivity index (χ0v) is 20.1. The van der Waals surface area contributed by atoms with Crippen molar-refractivity contribution in [2.75, 3.05) is 7.11 Å². The average molecular weight is 532 g/mol. The molecule has 0 amide bonds. The minimum Gasteiger partial charge on any atom is -0.495 e. The van der Waals surface area contributed by atoms with E-state index in [1.54, 1.807) is 24.2 Å². The Balaban J connectivity index is 1.55. The van der Waals surface area contributed by atoms with Gasteiger partial charge in [-0.15, -0.1) is 0 Å². The molecule has 0 N–H and O–H groups in total. The van der Waals surface area contributed by atoms with Crippen LogP contribution in [0.2, 0.25) is 0 Å². The predicted molar refractivity (Wildman–Crippen MR) is 124 cm³/mol. The molecule has 0 aliphatic carbocycles. The summed E-state index contributed by atoms with van der Waals surface area (Å²) in [5.41, 5.74) is 2.00. The molecule has 6 nitrogen and oxygen atoms in total. The van der Waals surface area contributed by atoms with E-state index in [0.717, 1.165) is 29.4 Å². The fourth-order valence-electron chi connectivity index (χ4n) is 4.43. The molecule has 0 bridgehead atoms. The Kier molecular flexibility index (Phi) is 5.71. The van der Waals surface area contributed by atoms with Crippen molar-refractivity contribution in [3.8, 4) is 22.8 Å². The number of rotatable bonds is 4. The number of aromatic nitrogens is 5. The second-order valence-corrected chi connectivity index (χ2v) is 9.17. The Morgan fingerprint density at radius 2 is 1.97 bits per heavy atom. The van der Waals surface area contributed by atoms with Crippen molar-refractivity contribution in [2.24, 2.45) is 0 Å². The van der Waals surface area contributed by atoms with Gasteiger partial charge in [-0.2, -0.15) is 18.3 Å². The Hall–Kier alpha value is -3.14. The summed E-state index contributed by atoms with van der Waals surface area (Å²) in [4.78, 5) is 8.96. The number of alkyl halides is 3. The number of hydrogen-bond donors (Lipinski definition) is 0. The van der Waals surface area contributed by atoms with Crippen LogP contribution >= 0.6 is 15.9 Å². The standard InChI is InChI=1S/C24H21BrF3N5O/c1-14-12-32(13-29-14)20-8-5-15(10-21(20)34-2)22-30-23-18(4-3-9-33(23)31-22)17-7-6-16(25)11-19(17)24(26,27)28/h5-8,10-13,18H,3-4,9H2,1-2H3/t18-/m1/s1. The van der Waals surface area contributed by atoms with E-state index in [9.17, 15) is 13.2 Å². The molecule has 0 saturated carbocycles. The average Bonchev–Trinajstić information content (AvgIpc) is 3.44. The number of fused-ring (bicyclic) bond motifs is 1. The monoisotopic (exact) mass is 531 g/mol. The van der Waals surface area contributed by atoms with Crippen LogP contribution in [-0.4, -0.2) is 31.4 Å². The van der Waals surface area contributed by atoms with E-state index >= 15 is 0 Å². The molecule has 2 aromatic heterocycles. The van der Waals surface area contributed by atoms with Crippen LogP contribution in [0.3, 0.4) is 0 Å². The lowest BCUT2D eigenvalue weighted by atomic mass is 9.87. The number of hydrogen-bond acceptors (Lipinski definition) is 4. The first-order chi connectivity index (χ1) is 16.2. The summed E-state index contributed by atoms with van der Waals surface area (Å²) in [6.07, 6.45) is 0.438. The molecule has 0 fully saturated rings. The van der Waals surface area contributed by atoms with Gasteiger partial charge in [0, 0.05) is 28.7 Å².